The van der Waals surface area contributed by atoms with Gasteiger partial charge in [0.15, 0.2) is 0 Å². The van der Waals surface area contributed by atoms with Gasteiger partial charge in [0.05, 0.1) is 48.1 Å². The molecule has 4 rings (SSSR count). The molecule has 3 aliphatic rings. The van der Waals surface area contributed by atoms with Crippen molar-refractivity contribution >= 4 is 36.1 Å². The monoisotopic (exact) mass is 517 g/mol. The Morgan fingerprint density at radius 3 is 2.72 bits per heavy atom. The van der Waals surface area contributed by atoms with Crippen LogP contribution in [-0.4, -0.2) is 46.9 Å². The first-order valence-corrected chi connectivity index (χ1v) is 12.3. The Bertz CT molecular complexity index is 1210. The number of anilines is 1. The summed E-state index contributed by atoms with van der Waals surface area (Å²) in [5, 5.41) is 9.06. The average Bonchev–Trinajstić information content (AvgIpc) is 3.43. The molecule has 2 heterocycles. The predicted octanol–water partition coefficient (Wildman–Crippen LogP) is 4.46. The van der Waals surface area contributed by atoms with E-state index >= 15 is 0 Å². The summed E-state index contributed by atoms with van der Waals surface area (Å²) < 4.78 is 50.7. The summed E-state index contributed by atoms with van der Waals surface area (Å²) in [5.41, 5.74) is -2.05. The molecular weight excluding hydrogens is 489 g/mol. The van der Waals surface area contributed by atoms with Crippen LogP contribution in [0.25, 0.3) is 0 Å². The number of amides is 1. The van der Waals surface area contributed by atoms with E-state index in [1.165, 1.54) is 16.7 Å². The summed E-state index contributed by atoms with van der Waals surface area (Å²) in [7, 11) is 0. The van der Waals surface area contributed by atoms with Crippen molar-refractivity contribution in [2.45, 2.75) is 56.7 Å². The Labute approximate surface area is 213 Å². The molecule has 1 aliphatic carbocycles. The zero-order chi connectivity index (χ0) is 26.1. The standard InChI is InChI=1S/C26H27F3N4O2S/c1-25(2)23(34)33(19-9-6-18(16-30)21(15-19)26(27,28)29)24(36)32(25)13-4-14-35-20-10-7-17(8-11-20)22-5-3-12-31-22/h6-7,9-12,15,17,24H,3-5,8,13-14H2,1-2H3/p+1. The number of carbonyl (C=O) groups is 1. The summed E-state index contributed by atoms with van der Waals surface area (Å²) in [6, 6.07) is 4.84. The first-order valence-electron chi connectivity index (χ1n) is 11.8. The number of carbonyl (C=O) groups excluding carboxylic acids is 1. The van der Waals surface area contributed by atoms with Gasteiger partial charge >= 0.3 is 6.18 Å². The maximum atomic E-state index is 13.5. The van der Waals surface area contributed by atoms with Crippen LogP contribution in [0.4, 0.5) is 18.9 Å². The highest BCUT2D eigenvalue weighted by atomic mass is 32.1. The number of rotatable bonds is 7. The van der Waals surface area contributed by atoms with Crippen LogP contribution in [0.2, 0.25) is 0 Å². The van der Waals surface area contributed by atoms with E-state index in [1.54, 1.807) is 19.9 Å². The Balaban J connectivity index is 1.38. The zero-order valence-electron chi connectivity index (χ0n) is 20.1. The van der Waals surface area contributed by atoms with E-state index in [4.69, 9.17) is 10.00 Å². The van der Waals surface area contributed by atoms with Crippen molar-refractivity contribution in [2.75, 3.05) is 18.1 Å². The third kappa shape index (κ3) is 5.10. The van der Waals surface area contributed by atoms with E-state index < -0.39 is 28.3 Å². The lowest BCUT2D eigenvalue weighted by Gasteiger charge is -2.31. The van der Waals surface area contributed by atoms with Crippen molar-refractivity contribution in [3.63, 3.8) is 0 Å². The number of nitrogens with zero attached hydrogens (tertiary/aromatic N) is 4. The van der Waals surface area contributed by atoms with Gasteiger partial charge in [-0.15, -0.1) is 17.3 Å². The van der Waals surface area contributed by atoms with E-state index in [1.807, 2.05) is 17.2 Å². The molecule has 190 valence electrons. The van der Waals surface area contributed by atoms with Crippen LogP contribution >= 0.6 is 12.6 Å². The number of nitriles is 1. The Morgan fingerprint density at radius 2 is 2.11 bits per heavy atom. The molecular formula is C26H28F3N4O2S+. The van der Waals surface area contributed by atoms with Gasteiger partial charge in [0.25, 0.3) is 11.9 Å². The second kappa shape index (κ2) is 10.2. The normalized spacial score (nSPS) is 23.6. The lowest BCUT2D eigenvalue weighted by Crippen LogP contribution is -2.45. The van der Waals surface area contributed by atoms with Gasteiger partial charge in [-0.1, -0.05) is 6.08 Å². The van der Waals surface area contributed by atoms with Crippen molar-refractivity contribution < 1.29 is 22.7 Å². The third-order valence-corrected chi connectivity index (χ3v) is 7.28. The lowest BCUT2D eigenvalue weighted by atomic mass is 9.93. The van der Waals surface area contributed by atoms with Crippen molar-refractivity contribution in [3.05, 3.63) is 53.3 Å². The topological polar surface area (TPSA) is 70.7 Å². The molecule has 0 aromatic heterocycles. The van der Waals surface area contributed by atoms with Gasteiger partial charge in [-0.05, 0) is 57.0 Å². The van der Waals surface area contributed by atoms with Crippen molar-refractivity contribution in [1.82, 2.24) is 9.57 Å². The molecule has 1 saturated heterocycles. The summed E-state index contributed by atoms with van der Waals surface area (Å²) in [5.74, 6) is 0.757. The van der Waals surface area contributed by atoms with Crippen molar-refractivity contribution in [3.8, 4) is 6.07 Å². The summed E-state index contributed by atoms with van der Waals surface area (Å²) in [6.45, 7) is 4.33. The Kier molecular flexibility index (Phi) is 7.37. The highest BCUT2D eigenvalue weighted by Gasteiger charge is 2.51. The van der Waals surface area contributed by atoms with Crippen molar-refractivity contribution in [2.24, 2.45) is 5.92 Å². The molecule has 2 aliphatic heterocycles. The molecule has 0 N–H and O–H groups in total. The fourth-order valence-electron chi connectivity index (χ4n) is 4.73. The average molecular weight is 518 g/mol. The first-order chi connectivity index (χ1) is 17.0. The number of thiol groups is 1. The zero-order valence-corrected chi connectivity index (χ0v) is 21.0. The molecule has 1 amide bonds. The number of alkyl halides is 3. The first kappa shape index (κ1) is 26.1. The molecule has 10 heteroatoms. The maximum absolute atomic E-state index is 13.5. The number of halogens is 3. The molecule has 2 unspecified atom stereocenters. The van der Waals surface area contributed by atoms with Crippen LogP contribution in [-0.2, 0) is 15.7 Å². The van der Waals surface area contributed by atoms with Gasteiger partial charge < -0.3 is 4.74 Å². The summed E-state index contributed by atoms with van der Waals surface area (Å²) in [4.78, 5) is 16.3. The highest BCUT2D eigenvalue weighted by molar-refractivity contribution is 7.81. The predicted molar refractivity (Wildman–Crippen MR) is 136 cm³/mol. The van der Waals surface area contributed by atoms with E-state index in [2.05, 4.69) is 29.4 Å². The van der Waals surface area contributed by atoms with Crippen LogP contribution in [0, 0.1) is 17.2 Å². The molecule has 1 aromatic carbocycles. The van der Waals surface area contributed by atoms with Gasteiger partial charge in [0.2, 0.25) is 5.91 Å². The van der Waals surface area contributed by atoms with Crippen LogP contribution in [0.1, 0.15) is 50.7 Å². The van der Waals surface area contributed by atoms with Gasteiger partial charge in [0, 0.05) is 12.2 Å². The van der Waals surface area contributed by atoms with Crippen LogP contribution in [0.5, 0.6) is 0 Å². The number of benzene rings is 1. The SMILES string of the molecule is CC1(C)C(=O)N(c2ccc(C#N)c(C(F)(F)F)c2)C(S)N1CCCOC1=CCC(C2=[N+]=CCC2)C=C1. The fraction of sp³-hybridized carbons (Fsp3) is 0.462. The quantitative estimate of drug-likeness (QED) is 0.330. The van der Waals surface area contributed by atoms with Gasteiger partial charge in [-0.25, -0.2) is 0 Å². The minimum atomic E-state index is -4.71. The number of ether oxygens (including phenoxy) is 1. The number of hydrogen-bond donors (Lipinski definition) is 1. The van der Waals surface area contributed by atoms with E-state index in [0.29, 0.717) is 25.5 Å². The second-order valence-electron chi connectivity index (χ2n) is 9.46. The van der Waals surface area contributed by atoms with Crippen LogP contribution in [0.15, 0.2) is 42.2 Å². The summed E-state index contributed by atoms with van der Waals surface area (Å²) in [6.07, 6.45) is 6.83. The van der Waals surface area contributed by atoms with E-state index in [9.17, 15) is 18.0 Å². The Morgan fingerprint density at radius 1 is 1.33 bits per heavy atom. The van der Waals surface area contributed by atoms with Gasteiger partial charge in [-0.3, -0.25) is 14.6 Å². The molecule has 0 radical (unpaired) electrons. The smallest absolute Gasteiger partial charge is 0.417 e. The molecule has 0 spiro atoms. The molecule has 0 bridgehead atoms. The minimum Gasteiger partial charge on any atom is -0.494 e. The molecule has 1 fully saturated rings. The van der Waals surface area contributed by atoms with Crippen LogP contribution < -0.4 is 9.57 Å². The molecule has 2 atom stereocenters. The van der Waals surface area contributed by atoms with Gasteiger partial charge in [-0.2, -0.15) is 18.4 Å². The number of allylic oxidation sites excluding steroid dienone is 3. The molecule has 36 heavy (non-hydrogen) atoms. The second-order valence-corrected chi connectivity index (χ2v) is 9.93. The van der Waals surface area contributed by atoms with Crippen LogP contribution in [0.3, 0.4) is 0 Å². The Hall–Kier alpha value is -2.99. The lowest BCUT2D eigenvalue weighted by molar-refractivity contribution is -0.137. The molecule has 0 saturated carbocycles. The minimum absolute atomic E-state index is 0.0506. The van der Waals surface area contributed by atoms with Gasteiger partial charge in [0.1, 0.15) is 11.3 Å². The largest absolute Gasteiger partial charge is 0.494 e. The number of hydrogen-bond acceptors (Lipinski definition) is 5. The highest BCUT2D eigenvalue weighted by Crippen LogP contribution is 2.40. The van der Waals surface area contributed by atoms with E-state index in [-0.39, 0.29) is 11.6 Å². The van der Waals surface area contributed by atoms with E-state index in [0.717, 1.165) is 37.2 Å². The molecule has 6 nitrogen and oxygen atoms in total. The van der Waals surface area contributed by atoms with Crippen molar-refractivity contribution in [1.29, 1.82) is 5.26 Å². The molecule has 1 aromatic rings. The maximum Gasteiger partial charge on any atom is 0.417 e. The fourth-order valence-corrected chi connectivity index (χ4v) is 5.37. The third-order valence-electron chi connectivity index (χ3n) is 6.77. The summed E-state index contributed by atoms with van der Waals surface area (Å²) >= 11 is 4.59.